The van der Waals surface area contributed by atoms with Crippen molar-refractivity contribution in [1.29, 1.82) is 0 Å². The molecule has 0 amide bonds. The summed E-state index contributed by atoms with van der Waals surface area (Å²) in [4.78, 5) is 4.26. The van der Waals surface area contributed by atoms with Crippen molar-refractivity contribution in [2.45, 2.75) is 30.2 Å². The van der Waals surface area contributed by atoms with E-state index in [2.05, 4.69) is 15.2 Å². The second kappa shape index (κ2) is 6.09. The van der Waals surface area contributed by atoms with Crippen LogP contribution in [0.2, 0.25) is 5.02 Å². The molecule has 1 fully saturated rings. The van der Waals surface area contributed by atoms with E-state index >= 15 is 0 Å². The quantitative estimate of drug-likeness (QED) is 0.649. The molecular formula is C16H14ClFN4S. The number of rotatable bonds is 5. The van der Waals surface area contributed by atoms with Gasteiger partial charge in [0.25, 0.3) is 5.78 Å². The number of thioether (sulfide) groups is 1. The van der Waals surface area contributed by atoms with Crippen LogP contribution in [0.3, 0.4) is 0 Å². The molecule has 1 aromatic carbocycles. The van der Waals surface area contributed by atoms with Gasteiger partial charge in [-0.1, -0.05) is 29.4 Å². The standard InChI is InChI=1S/C16H14ClFN4S/c17-13-2-1-3-14(18)12(13)9-23-16-21-20-15-19-7-6-11(22(15)16)8-10-4-5-10/h1-3,6-7,10H,4-5,8-9H2. The Bertz CT molecular complexity index is 842. The molecule has 0 unspecified atom stereocenters. The third-order valence-corrected chi connectivity index (χ3v) is 5.27. The van der Waals surface area contributed by atoms with Crippen molar-refractivity contribution in [1.82, 2.24) is 19.6 Å². The smallest absolute Gasteiger partial charge is 0.255 e. The minimum Gasteiger partial charge on any atom is -0.258 e. The molecule has 23 heavy (non-hydrogen) atoms. The first-order valence-corrected chi connectivity index (χ1v) is 8.83. The molecule has 4 rings (SSSR count). The third kappa shape index (κ3) is 3.05. The number of hydrogen-bond acceptors (Lipinski definition) is 4. The lowest BCUT2D eigenvalue weighted by atomic mass is 10.2. The molecule has 118 valence electrons. The third-order valence-electron chi connectivity index (χ3n) is 3.96. The van der Waals surface area contributed by atoms with Crippen LogP contribution < -0.4 is 0 Å². The maximum absolute atomic E-state index is 13.9. The first-order chi connectivity index (χ1) is 11.2. The predicted molar refractivity (Wildman–Crippen MR) is 88.2 cm³/mol. The summed E-state index contributed by atoms with van der Waals surface area (Å²) in [6.07, 6.45) is 5.33. The first kappa shape index (κ1) is 14.9. The van der Waals surface area contributed by atoms with E-state index in [1.165, 1.54) is 30.7 Å². The van der Waals surface area contributed by atoms with Gasteiger partial charge in [-0.2, -0.15) is 0 Å². The van der Waals surface area contributed by atoms with E-state index in [-0.39, 0.29) is 5.82 Å². The lowest BCUT2D eigenvalue weighted by Gasteiger charge is -2.07. The summed E-state index contributed by atoms with van der Waals surface area (Å²) in [5, 5.41) is 9.48. The number of benzene rings is 1. The predicted octanol–water partition coefficient (Wildman–Crippen LogP) is 4.16. The van der Waals surface area contributed by atoms with E-state index in [1.807, 2.05) is 10.5 Å². The average Bonchev–Trinajstić information content (AvgIpc) is 3.25. The molecule has 2 heterocycles. The van der Waals surface area contributed by atoms with Crippen LogP contribution in [0.4, 0.5) is 4.39 Å². The summed E-state index contributed by atoms with van der Waals surface area (Å²) in [6, 6.07) is 6.73. The zero-order chi connectivity index (χ0) is 15.8. The lowest BCUT2D eigenvalue weighted by molar-refractivity contribution is 0.617. The highest BCUT2D eigenvalue weighted by atomic mass is 35.5. The average molecular weight is 349 g/mol. The van der Waals surface area contributed by atoms with Gasteiger partial charge in [-0.3, -0.25) is 4.40 Å². The fourth-order valence-corrected chi connectivity index (χ4v) is 3.84. The molecule has 7 heteroatoms. The fourth-order valence-electron chi connectivity index (χ4n) is 2.54. The molecule has 0 N–H and O–H groups in total. The molecule has 2 aromatic heterocycles. The Balaban J connectivity index is 1.64. The van der Waals surface area contributed by atoms with Crippen LogP contribution in [0.25, 0.3) is 5.78 Å². The molecule has 0 bridgehead atoms. The SMILES string of the molecule is Fc1cccc(Cl)c1CSc1nnc2nccc(CC3CC3)n12. The summed E-state index contributed by atoms with van der Waals surface area (Å²) >= 11 is 7.51. The van der Waals surface area contributed by atoms with E-state index in [0.717, 1.165) is 23.2 Å². The van der Waals surface area contributed by atoms with E-state index < -0.39 is 0 Å². The van der Waals surface area contributed by atoms with Crippen LogP contribution >= 0.6 is 23.4 Å². The zero-order valence-corrected chi connectivity index (χ0v) is 13.8. The van der Waals surface area contributed by atoms with Crippen molar-refractivity contribution < 1.29 is 4.39 Å². The maximum atomic E-state index is 13.9. The molecule has 0 aliphatic heterocycles. The fraction of sp³-hybridized carbons (Fsp3) is 0.312. The van der Waals surface area contributed by atoms with Gasteiger partial charge in [0.2, 0.25) is 0 Å². The van der Waals surface area contributed by atoms with Gasteiger partial charge in [0, 0.05) is 28.2 Å². The number of hydrogen-bond donors (Lipinski definition) is 0. The Hall–Kier alpha value is -1.66. The number of nitrogens with zero attached hydrogens (tertiary/aromatic N) is 4. The van der Waals surface area contributed by atoms with Crippen LogP contribution in [0.5, 0.6) is 0 Å². The maximum Gasteiger partial charge on any atom is 0.255 e. The summed E-state index contributed by atoms with van der Waals surface area (Å²) in [5.41, 5.74) is 1.65. The topological polar surface area (TPSA) is 43.1 Å². The lowest BCUT2D eigenvalue weighted by Crippen LogP contribution is -2.01. The van der Waals surface area contributed by atoms with Crippen molar-refractivity contribution >= 4 is 29.1 Å². The van der Waals surface area contributed by atoms with Crippen molar-refractivity contribution in [3.8, 4) is 0 Å². The molecule has 1 aliphatic carbocycles. The van der Waals surface area contributed by atoms with Crippen LogP contribution in [0.1, 0.15) is 24.1 Å². The number of halogens is 2. The molecule has 0 radical (unpaired) electrons. The Labute approximate surface area is 142 Å². The van der Waals surface area contributed by atoms with Crippen molar-refractivity contribution in [2.24, 2.45) is 5.92 Å². The van der Waals surface area contributed by atoms with Gasteiger partial charge in [-0.05, 0) is 43.4 Å². The van der Waals surface area contributed by atoms with Gasteiger partial charge in [0.05, 0.1) is 0 Å². The van der Waals surface area contributed by atoms with Crippen LogP contribution in [0, 0.1) is 11.7 Å². The molecule has 0 saturated heterocycles. The summed E-state index contributed by atoms with van der Waals surface area (Å²) in [6.45, 7) is 0. The van der Waals surface area contributed by atoms with E-state index in [9.17, 15) is 4.39 Å². The van der Waals surface area contributed by atoms with Crippen LogP contribution in [-0.2, 0) is 12.2 Å². The largest absolute Gasteiger partial charge is 0.258 e. The van der Waals surface area contributed by atoms with E-state index in [4.69, 9.17) is 11.6 Å². The molecule has 4 nitrogen and oxygen atoms in total. The molecule has 1 aliphatic rings. The highest BCUT2D eigenvalue weighted by molar-refractivity contribution is 7.98. The van der Waals surface area contributed by atoms with E-state index in [1.54, 1.807) is 18.3 Å². The number of aromatic nitrogens is 4. The van der Waals surface area contributed by atoms with Crippen molar-refractivity contribution in [3.63, 3.8) is 0 Å². The minimum atomic E-state index is -0.296. The van der Waals surface area contributed by atoms with Gasteiger partial charge in [0.15, 0.2) is 5.16 Å². The van der Waals surface area contributed by atoms with Crippen LogP contribution in [0.15, 0.2) is 35.6 Å². The first-order valence-electron chi connectivity index (χ1n) is 7.47. The molecule has 0 spiro atoms. The second-order valence-electron chi connectivity index (χ2n) is 5.69. The number of fused-ring (bicyclic) bond motifs is 1. The molecule has 1 saturated carbocycles. The van der Waals surface area contributed by atoms with Gasteiger partial charge < -0.3 is 0 Å². The monoisotopic (exact) mass is 348 g/mol. The van der Waals surface area contributed by atoms with Gasteiger partial charge in [-0.15, -0.1) is 10.2 Å². The Morgan fingerprint density at radius 2 is 2.13 bits per heavy atom. The highest BCUT2D eigenvalue weighted by Gasteiger charge is 2.23. The molecule has 0 atom stereocenters. The molecule has 3 aromatic rings. The Morgan fingerprint density at radius 1 is 1.26 bits per heavy atom. The van der Waals surface area contributed by atoms with Gasteiger partial charge in [-0.25, -0.2) is 9.37 Å². The van der Waals surface area contributed by atoms with E-state index in [0.29, 0.717) is 22.1 Å². The normalized spacial score (nSPS) is 14.5. The summed E-state index contributed by atoms with van der Waals surface area (Å²) in [5.74, 6) is 1.45. The summed E-state index contributed by atoms with van der Waals surface area (Å²) in [7, 11) is 0. The van der Waals surface area contributed by atoms with Gasteiger partial charge >= 0.3 is 0 Å². The second-order valence-corrected chi connectivity index (χ2v) is 7.04. The summed E-state index contributed by atoms with van der Waals surface area (Å²) < 4.78 is 15.9. The highest BCUT2D eigenvalue weighted by Crippen LogP contribution is 2.34. The van der Waals surface area contributed by atoms with Crippen molar-refractivity contribution in [2.75, 3.05) is 0 Å². The van der Waals surface area contributed by atoms with Gasteiger partial charge in [0.1, 0.15) is 5.82 Å². The Kier molecular flexibility index (Phi) is 3.95. The van der Waals surface area contributed by atoms with Crippen molar-refractivity contribution in [3.05, 3.63) is 52.6 Å². The minimum absolute atomic E-state index is 0.296. The Morgan fingerprint density at radius 3 is 2.91 bits per heavy atom. The molecular weight excluding hydrogens is 335 g/mol. The van der Waals surface area contributed by atoms with Crippen LogP contribution in [-0.4, -0.2) is 19.6 Å². The zero-order valence-electron chi connectivity index (χ0n) is 12.2.